The zero-order valence-corrected chi connectivity index (χ0v) is 5.94. The standard InChI is InChI=1S/C6H8N2O3/c1-3(9)4-2-8-6(11-4)5(7)10/h2-3,9H,1H3,(H2,7,10). The Morgan fingerprint density at radius 1 is 1.91 bits per heavy atom. The van der Waals surface area contributed by atoms with E-state index < -0.39 is 12.0 Å². The second-order valence-corrected chi connectivity index (χ2v) is 2.11. The molecular weight excluding hydrogens is 148 g/mol. The molecule has 1 aromatic heterocycles. The summed E-state index contributed by atoms with van der Waals surface area (Å²) >= 11 is 0. The number of primary amides is 1. The van der Waals surface area contributed by atoms with Gasteiger partial charge in [0.05, 0.1) is 6.20 Å². The third-order valence-corrected chi connectivity index (χ3v) is 1.15. The molecule has 0 saturated heterocycles. The van der Waals surface area contributed by atoms with Crippen LogP contribution < -0.4 is 5.73 Å². The van der Waals surface area contributed by atoms with Crippen LogP contribution in [0.1, 0.15) is 29.5 Å². The van der Waals surface area contributed by atoms with Crippen molar-refractivity contribution in [3.8, 4) is 0 Å². The highest BCUT2D eigenvalue weighted by Crippen LogP contribution is 2.11. The smallest absolute Gasteiger partial charge is 0.304 e. The molecule has 0 fully saturated rings. The molecule has 0 aliphatic heterocycles. The highest BCUT2D eigenvalue weighted by Gasteiger charge is 2.11. The maximum atomic E-state index is 10.4. The second-order valence-electron chi connectivity index (χ2n) is 2.11. The number of rotatable bonds is 2. The van der Waals surface area contributed by atoms with Gasteiger partial charge < -0.3 is 15.3 Å². The first-order valence-corrected chi connectivity index (χ1v) is 3.05. The topological polar surface area (TPSA) is 89.4 Å². The van der Waals surface area contributed by atoms with Gasteiger partial charge in [0.2, 0.25) is 0 Å². The predicted octanol–water partition coefficient (Wildman–Crippen LogP) is -0.173. The molecule has 1 atom stereocenters. The Morgan fingerprint density at radius 3 is 2.82 bits per heavy atom. The fraction of sp³-hybridized carbons (Fsp3) is 0.333. The van der Waals surface area contributed by atoms with Gasteiger partial charge in [-0.25, -0.2) is 4.98 Å². The van der Waals surface area contributed by atoms with Gasteiger partial charge >= 0.3 is 5.91 Å². The van der Waals surface area contributed by atoms with Crippen molar-refractivity contribution in [1.29, 1.82) is 0 Å². The van der Waals surface area contributed by atoms with Crippen LogP contribution in [0, 0.1) is 0 Å². The fourth-order valence-corrected chi connectivity index (χ4v) is 0.594. The molecule has 5 heteroatoms. The van der Waals surface area contributed by atoms with Crippen LogP contribution in [0.25, 0.3) is 0 Å². The zero-order valence-electron chi connectivity index (χ0n) is 5.94. The largest absolute Gasteiger partial charge is 0.435 e. The van der Waals surface area contributed by atoms with Crippen molar-refractivity contribution in [2.45, 2.75) is 13.0 Å². The SMILES string of the molecule is CC(O)c1cnc(C(N)=O)o1. The first-order chi connectivity index (χ1) is 5.11. The second kappa shape index (κ2) is 2.71. The van der Waals surface area contributed by atoms with Gasteiger partial charge in [0, 0.05) is 0 Å². The lowest BCUT2D eigenvalue weighted by molar-refractivity contribution is 0.0957. The minimum atomic E-state index is -0.768. The third-order valence-electron chi connectivity index (χ3n) is 1.15. The number of carbonyl (C=O) groups excluding carboxylic acids is 1. The molecule has 0 saturated carbocycles. The van der Waals surface area contributed by atoms with Crippen molar-refractivity contribution < 1.29 is 14.3 Å². The summed E-state index contributed by atoms with van der Waals surface area (Å²) in [5.74, 6) is -0.684. The maximum absolute atomic E-state index is 10.4. The maximum Gasteiger partial charge on any atom is 0.304 e. The minimum Gasteiger partial charge on any atom is -0.435 e. The van der Waals surface area contributed by atoms with E-state index in [1.165, 1.54) is 13.1 Å². The summed E-state index contributed by atoms with van der Waals surface area (Å²) in [7, 11) is 0. The Morgan fingerprint density at radius 2 is 2.55 bits per heavy atom. The monoisotopic (exact) mass is 156 g/mol. The van der Waals surface area contributed by atoms with Crippen LogP contribution in [-0.4, -0.2) is 16.0 Å². The molecule has 5 nitrogen and oxygen atoms in total. The molecule has 1 heterocycles. The third kappa shape index (κ3) is 1.56. The average Bonchev–Trinajstić information content (AvgIpc) is 2.33. The summed E-state index contributed by atoms with van der Waals surface area (Å²) in [6, 6.07) is 0. The van der Waals surface area contributed by atoms with Crippen molar-refractivity contribution in [3.63, 3.8) is 0 Å². The van der Waals surface area contributed by atoms with Crippen LogP contribution in [0.2, 0.25) is 0 Å². The van der Waals surface area contributed by atoms with Crippen molar-refractivity contribution in [2.75, 3.05) is 0 Å². The zero-order chi connectivity index (χ0) is 8.43. The van der Waals surface area contributed by atoms with Gasteiger partial charge in [-0.2, -0.15) is 0 Å². The van der Waals surface area contributed by atoms with E-state index in [9.17, 15) is 4.79 Å². The molecule has 0 radical (unpaired) electrons. The Balaban J connectivity index is 2.90. The molecule has 1 aromatic rings. The Kier molecular flexibility index (Phi) is 1.91. The summed E-state index contributed by atoms with van der Waals surface area (Å²) in [5.41, 5.74) is 4.85. The van der Waals surface area contributed by atoms with Crippen molar-refractivity contribution >= 4 is 5.91 Å². The predicted molar refractivity (Wildman–Crippen MR) is 35.7 cm³/mol. The van der Waals surface area contributed by atoms with E-state index in [2.05, 4.69) is 4.98 Å². The van der Waals surface area contributed by atoms with Gasteiger partial charge in [0.25, 0.3) is 5.89 Å². The molecule has 60 valence electrons. The van der Waals surface area contributed by atoms with E-state index in [1.54, 1.807) is 0 Å². The molecule has 1 rings (SSSR count). The molecule has 0 aliphatic rings. The summed E-state index contributed by atoms with van der Waals surface area (Å²) < 4.78 is 4.77. The van der Waals surface area contributed by atoms with Crippen molar-refractivity contribution in [2.24, 2.45) is 5.73 Å². The summed E-state index contributed by atoms with van der Waals surface area (Å²) in [4.78, 5) is 14.0. The summed E-state index contributed by atoms with van der Waals surface area (Å²) in [6.45, 7) is 1.51. The minimum absolute atomic E-state index is 0.180. The van der Waals surface area contributed by atoms with E-state index in [4.69, 9.17) is 15.3 Å². The highest BCUT2D eigenvalue weighted by molar-refractivity contribution is 5.87. The molecule has 0 aliphatic carbocycles. The van der Waals surface area contributed by atoms with Crippen LogP contribution in [0.15, 0.2) is 10.6 Å². The van der Waals surface area contributed by atoms with E-state index in [0.29, 0.717) is 0 Å². The molecule has 0 spiro atoms. The average molecular weight is 156 g/mol. The summed E-state index contributed by atoms with van der Waals surface area (Å²) in [5, 5.41) is 8.93. The van der Waals surface area contributed by atoms with Gasteiger partial charge in [-0.15, -0.1) is 0 Å². The van der Waals surface area contributed by atoms with Crippen LogP contribution in [0.3, 0.4) is 0 Å². The van der Waals surface area contributed by atoms with Gasteiger partial charge in [0.15, 0.2) is 5.76 Å². The summed E-state index contributed by atoms with van der Waals surface area (Å²) in [6.07, 6.45) is 0.501. The van der Waals surface area contributed by atoms with Crippen molar-refractivity contribution in [1.82, 2.24) is 4.98 Å². The van der Waals surface area contributed by atoms with E-state index in [-0.39, 0.29) is 11.7 Å². The van der Waals surface area contributed by atoms with E-state index >= 15 is 0 Å². The normalized spacial score (nSPS) is 12.9. The van der Waals surface area contributed by atoms with Crippen LogP contribution >= 0.6 is 0 Å². The number of nitrogens with two attached hydrogens (primary N) is 1. The molecule has 0 aromatic carbocycles. The van der Waals surface area contributed by atoms with E-state index in [0.717, 1.165) is 0 Å². The Bertz CT molecular complexity index is 267. The molecule has 1 amide bonds. The first-order valence-electron chi connectivity index (χ1n) is 3.05. The quantitative estimate of drug-likeness (QED) is 0.621. The molecule has 0 bridgehead atoms. The lowest BCUT2D eigenvalue weighted by atomic mass is 10.3. The van der Waals surface area contributed by atoms with Gasteiger partial charge in [-0.05, 0) is 6.92 Å². The number of aliphatic hydroxyl groups excluding tert-OH is 1. The Labute approximate surface area is 62.8 Å². The molecule has 1 unspecified atom stereocenters. The number of oxazole rings is 1. The van der Waals surface area contributed by atoms with Crippen LogP contribution in [0.5, 0.6) is 0 Å². The number of amides is 1. The number of nitrogens with zero attached hydrogens (tertiary/aromatic N) is 1. The van der Waals surface area contributed by atoms with Crippen molar-refractivity contribution in [3.05, 3.63) is 17.8 Å². The first kappa shape index (κ1) is 7.74. The van der Waals surface area contributed by atoms with Gasteiger partial charge in [-0.3, -0.25) is 4.79 Å². The number of carbonyl (C=O) groups is 1. The van der Waals surface area contributed by atoms with E-state index in [1.807, 2.05) is 0 Å². The van der Waals surface area contributed by atoms with Crippen LogP contribution in [0.4, 0.5) is 0 Å². The lowest BCUT2D eigenvalue weighted by Gasteiger charge is -1.94. The Hall–Kier alpha value is -1.36. The number of hydrogen-bond donors (Lipinski definition) is 2. The van der Waals surface area contributed by atoms with Gasteiger partial charge in [0.1, 0.15) is 6.10 Å². The van der Waals surface area contributed by atoms with Crippen LogP contribution in [-0.2, 0) is 0 Å². The number of aromatic nitrogens is 1. The van der Waals surface area contributed by atoms with Gasteiger partial charge in [-0.1, -0.05) is 0 Å². The lowest BCUT2D eigenvalue weighted by Crippen LogP contribution is -2.10. The molecule has 3 N–H and O–H groups in total. The highest BCUT2D eigenvalue weighted by atomic mass is 16.4. The fourth-order valence-electron chi connectivity index (χ4n) is 0.594. The number of aliphatic hydroxyl groups is 1. The number of hydrogen-bond acceptors (Lipinski definition) is 4. The molecular formula is C6H8N2O3. The molecule has 11 heavy (non-hydrogen) atoms.